The van der Waals surface area contributed by atoms with Gasteiger partial charge in [-0.3, -0.25) is 9.48 Å². The fourth-order valence-electron chi connectivity index (χ4n) is 3.57. The Balaban J connectivity index is 1.82. The molecule has 1 aliphatic rings. The number of aromatic nitrogens is 2. The molecule has 0 aliphatic carbocycles. The molecule has 4 rings (SSSR count). The summed E-state index contributed by atoms with van der Waals surface area (Å²) in [6.07, 6.45) is 0.349. The fraction of sp³-hybridized carbons (Fsp3) is 0.238. The van der Waals surface area contributed by atoms with Crippen LogP contribution in [0.5, 0.6) is 5.75 Å². The summed E-state index contributed by atoms with van der Waals surface area (Å²) in [5, 5.41) is 16.6. The molecule has 0 bridgehead atoms. The van der Waals surface area contributed by atoms with Crippen LogP contribution in [0.25, 0.3) is 11.3 Å². The van der Waals surface area contributed by atoms with Gasteiger partial charge >= 0.3 is 0 Å². The van der Waals surface area contributed by atoms with Crippen molar-refractivity contribution in [2.24, 2.45) is 7.05 Å². The molecular formula is C21H21N3O3. The highest BCUT2D eigenvalue weighted by molar-refractivity contribution is 5.96. The third-order valence-electron chi connectivity index (χ3n) is 4.75. The summed E-state index contributed by atoms with van der Waals surface area (Å²) in [5.41, 5.74) is 3.90. The average Bonchev–Trinajstić information content (AvgIpc) is 3.03. The molecule has 0 saturated heterocycles. The minimum Gasteiger partial charge on any atom is -0.491 e. The van der Waals surface area contributed by atoms with Gasteiger partial charge in [0.05, 0.1) is 12.3 Å². The van der Waals surface area contributed by atoms with Crippen LogP contribution in [0, 0.1) is 0 Å². The molecule has 1 unspecified atom stereocenters. The van der Waals surface area contributed by atoms with Crippen molar-refractivity contribution >= 4 is 11.7 Å². The number of hydrogen-bond acceptors (Lipinski definition) is 4. The van der Waals surface area contributed by atoms with Crippen LogP contribution in [0.2, 0.25) is 0 Å². The maximum absolute atomic E-state index is 12.3. The topological polar surface area (TPSA) is 76.4 Å². The summed E-state index contributed by atoms with van der Waals surface area (Å²) >= 11 is 0. The zero-order chi connectivity index (χ0) is 18.8. The number of nitrogens with zero attached hydrogens (tertiary/aromatic N) is 2. The van der Waals surface area contributed by atoms with Crippen LogP contribution < -0.4 is 10.1 Å². The zero-order valence-electron chi connectivity index (χ0n) is 15.1. The molecule has 6 nitrogen and oxygen atoms in total. The Kier molecular flexibility index (Phi) is 4.64. The van der Waals surface area contributed by atoms with Gasteiger partial charge in [0.1, 0.15) is 18.2 Å². The third-order valence-corrected chi connectivity index (χ3v) is 4.75. The summed E-state index contributed by atoms with van der Waals surface area (Å²) in [4.78, 5) is 12.3. The second kappa shape index (κ2) is 7.25. The van der Waals surface area contributed by atoms with E-state index in [1.807, 2.05) is 61.6 Å². The summed E-state index contributed by atoms with van der Waals surface area (Å²) in [5.74, 6) is 1.27. The normalized spacial score (nSPS) is 15.9. The van der Waals surface area contributed by atoms with Gasteiger partial charge in [-0.2, -0.15) is 5.10 Å². The van der Waals surface area contributed by atoms with E-state index in [1.54, 1.807) is 4.68 Å². The predicted molar refractivity (Wildman–Crippen MR) is 103 cm³/mol. The Morgan fingerprint density at radius 3 is 2.81 bits per heavy atom. The summed E-state index contributed by atoms with van der Waals surface area (Å²) in [6, 6.07) is 17.7. The van der Waals surface area contributed by atoms with Gasteiger partial charge in [0.2, 0.25) is 5.91 Å². The number of fused-ring (bicyclic) bond motifs is 1. The number of amides is 1. The second-order valence-electron chi connectivity index (χ2n) is 6.55. The molecule has 1 aromatic heterocycles. The quantitative estimate of drug-likeness (QED) is 0.731. The molecule has 1 aliphatic heterocycles. The van der Waals surface area contributed by atoms with Gasteiger partial charge in [0.15, 0.2) is 0 Å². The number of rotatable bonds is 5. The summed E-state index contributed by atoms with van der Waals surface area (Å²) in [7, 11) is 1.84. The molecular weight excluding hydrogens is 342 g/mol. The lowest BCUT2D eigenvalue weighted by Gasteiger charge is -2.24. The molecule has 2 N–H and O–H groups in total. The number of benzene rings is 2. The van der Waals surface area contributed by atoms with E-state index in [1.165, 1.54) is 0 Å². The van der Waals surface area contributed by atoms with Crippen LogP contribution in [-0.4, -0.2) is 34.0 Å². The lowest BCUT2D eigenvalue weighted by atomic mass is 9.84. The lowest BCUT2D eigenvalue weighted by Crippen LogP contribution is -2.24. The first-order valence-electron chi connectivity index (χ1n) is 8.93. The van der Waals surface area contributed by atoms with Crippen LogP contribution in [0.1, 0.15) is 23.5 Å². The minimum atomic E-state index is -0.115. The average molecular weight is 363 g/mol. The first-order valence-corrected chi connectivity index (χ1v) is 8.93. The molecule has 27 heavy (non-hydrogen) atoms. The molecule has 6 heteroatoms. The number of aliphatic hydroxyl groups excluding tert-OH is 1. The van der Waals surface area contributed by atoms with Crippen molar-refractivity contribution < 1.29 is 14.6 Å². The number of ether oxygens (including phenoxy) is 1. The molecule has 138 valence electrons. The largest absolute Gasteiger partial charge is 0.491 e. The van der Waals surface area contributed by atoms with Crippen LogP contribution in [-0.2, 0) is 11.8 Å². The Bertz CT molecular complexity index is 966. The van der Waals surface area contributed by atoms with Crippen molar-refractivity contribution in [1.82, 2.24) is 9.78 Å². The number of hydrogen-bond donors (Lipinski definition) is 2. The molecule has 2 heterocycles. The molecule has 0 spiro atoms. The van der Waals surface area contributed by atoms with Gasteiger partial charge in [0.25, 0.3) is 0 Å². The first kappa shape index (κ1) is 17.3. The molecule has 0 fully saturated rings. The van der Waals surface area contributed by atoms with E-state index in [-0.39, 0.29) is 25.0 Å². The van der Waals surface area contributed by atoms with Crippen LogP contribution in [0.15, 0.2) is 54.6 Å². The fourth-order valence-corrected chi connectivity index (χ4v) is 3.57. The Morgan fingerprint density at radius 1 is 1.22 bits per heavy atom. The van der Waals surface area contributed by atoms with E-state index in [0.29, 0.717) is 12.2 Å². The summed E-state index contributed by atoms with van der Waals surface area (Å²) in [6.45, 7) is 0.197. The van der Waals surface area contributed by atoms with Crippen LogP contribution in [0.4, 0.5) is 5.82 Å². The highest BCUT2D eigenvalue weighted by Gasteiger charge is 2.33. The van der Waals surface area contributed by atoms with E-state index < -0.39 is 0 Å². The monoisotopic (exact) mass is 363 g/mol. The van der Waals surface area contributed by atoms with E-state index in [4.69, 9.17) is 9.84 Å². The number of anilines is 1. The molecule has 0 saturated carbocycles. The molecule has 0 radical (unpaired) electrons. The maximum Gasteiger partial charge on any atom is 0.226 e. The van der Waals surface area contributed by atoms with Gasteiger partial charge in [-0.15, -0.1) is 0 Å². The Morgan fingerprint density at radius 2 is 2.04 bits per heavy atom. The van der Waals surface area contributed by atoms with Crippen molar-refractivity contribution in [1.29, 1.82) is 0 Å². The second-order valence-corrected chi connectivity index (χ2v) is 6.55. The van der Waals surface area contributed by atoms with Crippen LogP contribution >= 0.6 is 0 Å². The van der Waals surface area contributed by atoms with E-state index in [0.717, 1.165) is 28.2 Å². The Labute approximate surface area is 157 Å². The Hall–Kier alpha value is -3.12. The lowest BCUT2D eigenvalue weighted by molar-refractivity contribution is -0.116. The van der Waals surface area contributed by atoms with E-state index in [9.17, 15) is 4.79 Å². The van der Waals surface area contributed by atoms with Crippen molar-refractivity contribution in [3.8, 4) is 17.0 Å². The summed E-state index contributed by atoms with van der Waals surface area (Å²) < 4.78 is 7.28. The van der Waals surface area contributed by atoms with Gasteiger partial charge < -0.3 is 15.2 Å². The highest BCUT2D eigenvalue weighted by atomic mass is 16.5. The predicted octanol–water partition coefficient (Wildman–Crippen LogP) is 2.93. The molecule has 3 aromatic rings. The van der Waals surface area contributed by atoms with Crippen molar-refractivity contribution in [3.05, 3.63) is 65.7 Å². The van der Waals surface area contributed by atoms with Crippen LogP contribution in [0.3, 0.4) is 0 Å². The molecule has 2 aromatic carbocycles. The zero-order valence-corrected chi connectivity index (χ0v) is 15.1. The standard InChI is InChI=1S/C21H21N3O3/c1-24-21-19(20(23-24)14-6-3-2-4-7-14)17(13-18(26)22-21)15-8-5-9-16(12-15)27-11-10-25/h2-9,12,17,25H,10-11,13H2,1H3,(H,22,26). The number of carbonyl (C=O) groups is 1. The molecule has 1 amide bonds. The first-order chi connectivity index (χ1) is 13.2. The minimum absolute atomic E-state index is 0.0307. The number of carbonyl (C=O) groups excluding carboxylic acids is 1. The maximum atomic E-state index is 12.3. The number of nitrogens with one attached hydrogen (secondary N) is 1. The SMILES string of the molecule is Cn1nc(-c2ccccc2)c2c1NC(=O)CC2c1cccc(OCCO)c1. The highest BCUT2D eigenvalue weighted by Crippen LogP contribution is 2.43. The van der Waals surface area contributed by atoms with E-state index >= 15 is 0 Å². The number of aryl methyl sites for hydroxylation is 1. The van der Waals surface area contributed by atoms with Gasteiger partial charge in [-0.1, -0.05) is 42.5 Å². The van der Waals surface area contributed by atoms with Crippen molar-refractivity contribution in [2.45, 2.75) is 12.3 Å². The van der Waals surface area contributed by atoms with Gasteiger partial charge in [-0.25, -0.2) is 0 Å². The molecule has 1 atom stereocenters. The van der Waals surface area contributed by atoms with Crippen molar-refractivity contribution in [2.75, 3.05) is 18.5 Å². The van der Waals surface area contributed by atoms with Gasteiger partial charge in [-0.05, 0) is 17.7 Å². The smallest absolute Gasteiger partial charge is 0.226 e. The van der Waals surface area contributed by atoms with Crippen molar-refractivity contribution in [3.63, 3.8) is 0 Å². The van der Waals surface area contributed by atoms with Gasteiger partial charge in [0, 0.05) is 30.5 Å². The third kappa shape index (κ3) is 3.31. The number of aliphatic hydroxyl groups is 1. The van der Waals surface area contributed by atoms with E-state index in [2.05, 4.69) is 10.4 Å².